The van der Waals surface area contributed by atoms with Crippen LogP contribution in [0.4, 0.5) is 4.79 Å². The maximum Gasteiger partial charge on any atom is 0.416 e. The second kappa shape index (κ2) is 6.79. The van der Waals surface area contributed by atoms with Crippen LogP contribution in [0.3, 0.4) is 0 Å². The maximum absolute atomic E-state index is 11.9. The van der Waals surface area contributed by atoms with Gasteiger partial charge in [0.1, 0.15) is 18.1 Å². The van der Waals surface area contributed by atoms with Crippen molar-refractivity contribution in [3.8, 4) is 11.5 Å². The van der Waals surface area contributed by atoms with Gasteiger partial charge in [-0.2, -0.15) is 0 Å². The summed E-state index contributed by atoms with van der Waals surface area (Å²) in [6.07, 6.45) is 2.40. The van der Waals surface area contributed by atoms with Crippen LogP contribution in [0.15, 0.2) is 60.7 Å². The Bertz CT molecular complexity index is 740. The van der Waals surface area contributed by atoms with Crippen molar-refractivity contribution >= 4 is 18.1 Å². The predicted molar refractivity (Wildman–Crippen MR) is 85.1 cm³/mol. The lowest BCUT2D eigenvalue weighted by Crippen LogP contribution is -2.29. The summed E-state index contributed by atoms with van der Waals surface area (Å²) < 4.78 is 10.5. The molecule has 116 valence electrons. The predicted octanol–water partition coefficient (Wildman–Crippen LogP) is 3.47. The molecule has 0 aliphatic carbocycles. The van der Waals surface area contributed by atoms with Gasteiger partial charge in [0, 0.05) is 6.08 Å². The van der Waals surface area contributed by atoms with Crippen LogP contribution in [0, 0.1) is 0 Å². The van der Waals surface area contributed by atoms with Crippen molar-refractivity contribution in [2.75, 3.05) is 13.2 Å². The molecule has 1 aliphatic heterocycles. The molecular formula is C18H15NO4. The molecule has 3 rings (SSSR count). The van der Waals surface area contributed by atoms with Crippen molar-refractivity contribution in [1.29, 1.82) is 0 Å². The van der Waals surface area contributed by atoms with Gasteiger partial charge in [-0.25, -0.2) is 9.69 Å². The molecule has 0 spiro atoms. The second-order valence-corrected chi connectivity index (χ2v) is 4.93. The Morgan fingerprint density at radius 3 is 2.61 bits per heavy atom. The number of nitrogens with zero attached hydrogens (tertiary/aromatic N) is 1. The molecule has 5 nitrogen and oxygen atoms in total. The largest absolute Gasteiger partial charge is 0.457 e. The van der Waals surface area contributed by atoms with Gasteiger partial charge in [-0.05, 0) is 35.9 Å². The molecule has 0 radical (unpaired) electrons. The van der Waals surface area contributed by atoms with Gasteiger partial charge in [0.15, 0.2) is 0 Å². The minimum absolute atomic E-state index is 0.249. The third-order valence-electron chi connectivity index (χ3n) is 3.28. The Morgan fingerprint density at radius 2 is 1.87 bits per heavy atom. The van der Waals surface area contributed by atoms with E-state index < -0.39 is 6.09 Å². The summed E-state index contributed by atoms with van der Waals surface area (Å²) in [4.78, 5) is 24.3. The number of carbonyl (C=O) groups excluding carboxylic acids is 2. The molecule has 0 saturated carbocycles. The number of ether oxygens (including phenoxy) is 2. The minimum atomic E-state index is -0.596. The molecule has 1 heterocycles. The van der Waals surface area contributed by atoms with Crippen LogP contribution in [0.5, 0.6) is 11.5 Å². The van der Waals surface area contributed by atoms with Crippen LogP contribution >= 0.6 is 0 Å². The summed E-state index contributed by atoms with van der Waals surface area (Å²) in [5, 5.41) is 0. The monoisotopic (exact) mass is 309 g/mol. The Hall–Kier alpha value is -3.08. The molecule has 1 aliphatic rings. The molecule has 2 aromatic rings. The van der Waals surface area contributed by atoms with Gasteiger partial charge in [0.05, 0.1) is 6.54 Å². The van der Waals surface area contributed by atoms with Crippen LogP contribution in [-0.2, 0) is 9.53 Å². The molecule has 5 heteroatoms. The van der Waals surface area contributed by atoms with Crippen molar-refractivity contribution in [2.45, 2.75) is 0 Å². The van der Waals surface area contributed by atoms with Crippen LogP contribution in [0.1, 0.15) is 5.56 Å². The molecule has 0 aromatic heterocycles. The van der Waals surface area contributed by atoms with Gasteiger partial charge in [-0.15, -0.1) is 0 Å². The maximum atomic E-state index is 11.9. The zero-order valence-electron chi connectivity index (χ0n) is 12.3. The third-order valence-corrected chi connectivity index (χ3v) is 3.28. The average molecular weight is 309 g/mol. The van der Waals surface area contributed by atoms with E-state index in [2.05, 4.69) is 0 Å². The zero-order valence-corrected chi connectivity index (χ0v) is 12.3. The molecule has 2 amide bonds. The number of hydrogen-bond donors (Lipinski definition) is 0. The Kier molecular flexibility index (Phi) is 4.38. The first-order valence-corrected chi connectivity index (χ1v) is 7.22. The average Bonchev–Trinajstić information content (AvgIpc) is 3.00. The zero-order chi connectivity index (χ0) is 16.1. The molecule has 23 heavy (non-hydrogen) atoms. The standard InChI is InChI=1S/C18H15NO4/c20-17(19-11-12-22-18(19)21)10-9-14-5-4-8-16(13-14)23-15-6-2-1-3-7-15/h1-10,13H,11-12H2/b10-9+. The summed E-state index contributed by atoms with van der Waals surface area (Å²) in [5.74, 6) is 1.03. The van der Waals surface area contributed by atoms with E-state index in [4.69, 9.17) is 9.47 Å². The number of cyclic esters (lactones) is 1. The first-order chi connectivity index (χ1) is 11.2. The van der Waals surface area contributed by atoms with Crippen molar-refractivity contribution in [3.05, 3.63) is 66.2 Å². The first-order valence-electron chi connectivity index (χ1n) is 7.22. The highest BCUT2D eigenvalue weighted by Gasteiger charge is 2.26. The van der Waals surface area contributed by atoms with E-state index in [0.29, 0.717) is 12.3 Å². The van der Waals surface area contributed by atoms with Gasteiger partial charge in [-0.1, -0.05) is 30.3 Å². The summed E-state index contributed by atoms with van der Waals surface area (Å²) in [6.45, 7) is 0.540. The van der Waals surface area contributed by atoms with E-state index in [0.717, 1.165) is 16.2 Å². The third kappa shape index (κ3) is 3.77. The number of benzene rings is 2. The highest BCUT2D eigenvalue weighted by atomic mass is 16.6. The molecule has 0 N–H and O–H groups in total. The topological polar surface area (TPSA) is 55.8 Å². The van der Waals surface area contributed by atoms with E-state index in [-0.39, 0.29) is 12.5 Å². The van der Waals surface area contributed by atoms with Gasteiger partial charge >= 0.3 is 6.09 Å². The smallest absolute Gasteiger partial charge is 0.416 e. The van der Waals surface area contributed by atoms with Crippen molar-refractivity contribution in [1.82, 2.24) is 4.90 Å². The number of amides is 2. The van der Waals surface area contributed by atoms with Crippen molar-refractivity contribution < 1.29 is 19.1 Å². The molecule has 0 bridgehead atoms. The highest BCUT2D eigenvalue weighted by Crippen LogP contribution is 2.22. The second-order valence-electron chi connectivity index (χ2n) is 4.93. The molecular weight excluding hydrogens is 294 g/mol. The van der Waals surface area contributed by atoms with E-state index in [1.54, 1.807) is 6.08 Å². The van der Waals surface area contributed by atoms with Crippen LogP contribution in [-0.4, -0.2) is 30.1 Å². The normalized spacial score (nSPS) is 14.1. The van der Waals surface area contributed by atoms with E-state index >= 15 is 0 Å². The molecule has 0 unspecified atom stereocenters. The van der Waals surface area contributed by atoms with E-state index in [9.17, 15) is 9.59 Å². The lowest BCUT2D eigenvalue weighted by atomic mass is 10.2. The summed E-state index contributed by atoms with van der Waals surface area (Å²) in [7, 11) is 0. The fraction of sp³-hybridized carbons (Fsp3) is 0.111. The van der Waals surface area contributed by atoms with Crippen molar-refractivity contribution in [2.24, 2.45) is 0 Å². The number of rotatable bonds is 4. The molecule has 2 aromatic carbocycles. The first kappa shape index (κ1) is 14.8. The van der Waals surface area contributed by atoms with Gasteiger partial charge in [0.2, 0.25) is 0 Å². The fourth-order valence-corrected chi connectivity index (χ4v) is 2.16. The highest BCUT2D eigenvalue weighted by molar-refractivity contribution is 6.01. The Morgan fingerprint density at radius 1 is 1.09 bits per heavy atom. The number of carbonyl (C=O) groups is 2. The quantitative estimate of drug-likeness (QED) is 0.812. The fourth-order valence-electron chi connectivity index (χ4n) is 2.16. The van der Waals surface area contributed by atoms with Gasteiger partial charge in [-0.3, -0.25) is 4.79 Å². The summed E-state index contributed by atoms with van der Waals surface area (Å²) in [6, 6.07) is 16.8. The summed E-state index contributed by atoms with van der Waals surface area (Å²) >= 11 is 0. The Balaban J connectivity index is 1.69. The van der Waals surface area contributed by atoms with E-state index in [1.807, 2.05) is 54.6 Å². The van der Waals surface area contributed by atoms with Crippen LogP contribution in [0.2, 0.25) is 0 Å². The molecule has 1 saturated heterocycles. The van der Waals surface area contributed by atoms with Crippen LogP contribution in [0.25, 0.3) is 6.08 Å². The lowest BCUT2D eigenvalue weighted by Gasteiger charge is -2.07. The minimum Gasteiger partial charge on any atom is -0.457 e. The van der Waals surface area contributed by atoms with Gasteiger partial charge in [0.25, 0.3) is 5.91 Å². The number of hydrogen-bond acceptors (Lipinski definition) is 4. The van der Waals surface area contributed by atoms with Crippen LogP contribution < -0.4 is 4.74 Å². The molecule has 1 fully saturated rings. The number of para-hydroxylation sites is 1. The van der Waals surface area contributed by atoms with Gasteiger partial charge < -0.3 is 9.47 Å². The SMILES string of the molecule is O=C(/C=C/c1cccc(Oc2ccccc2)c1)N1CCOC1=O. The Labute approximate surface area is 133 Å². The lowest BCUT2D eigenvalue weighted by molar-refractivity contribution is -0.122. The van der Waals surface area contributed by atoms with E-state index in [1.165, 1.54) is 6.08 Å². The number of imide groups is 1. The summed E-state index contributed by atoms with van der Waals surface area (Å²) in [5.41, 5.74) is 0.805. The molecule has 0 atom stereocenters. The van der Waals surface area contributed by atoms with Crippen molar-refractivity contribution in [3.63, 3.8) is 0 Å².